The molecule has 2 aromatic rings. The first-order valence-corrected chi connectivity index (χ1v) is 5.62. The van der Waals surface area contributed by atoms with Crippen molar-refractivity contribution in [2.75, 3.05) is 6.26 Å². The van der Waals surface area contributed by atoms with Crippen molar-refractivity contribution >= 4 is 40.3 Å². The van der Waals surface area contributed by atoms with Crippen LogP contribution in [0.3, 0.4) is 0 Å². The van der Waals surface area contributed by atoms with Gasteiger partial charge >= 0.3 is 0 Å². The highest BCUT2D eigenvalue weighted by atomic mass is 35.5. The Morgan fingerprint density at radius 2 is 2.33 bits per heavy atom. The van der Waals surface area contributed by atoms with Crippen LogP contribution in [0.15, 0.2) is 11.4 Å². The van der Waals surface area contributed by atoms with Gasteiger partial charge in [0.1, 0.15) is 10.8 Å². The van der Waals surface area contributed by atoms with Gasteiger partial charge in [0.15, 0.2) is 5.16 Å². The van der Waals surface area contributed by atoms with Gasteiger partial charge < -0.3 is 10.7 Å². The molecule has 0 radical (unpaired) electrons. The monoisotopic (exact) mass is 242 g/mol. The van der Waals surface area contributed by atoms with Crippen molar-refractivity contribution in [1.29, 1.82) is 0 Å². The molecule has 0 bridgehead atoms. The van der Waals surface area contributed by atoms with Crippen molar-refractivity contribution in [3.8, 4) is 0 Å². The first-order valence-electron chi connectivity index (χ1n) is 4.02. The van der Waals surface area contributed by atoms with Gasteiger partial charge in [0, 0.05) is 6.20 Å². The van der Waals surface area contributed by atoms with E-state index in [4.69, 9.17) is 17.3 Å². The van der Waals surface area contributed by atoms with Crippen molar-refractivity contribution < 1.29 is 4.79 Å². The number of hydrogen-bond acceptors (Lipinski definition) is 4. The van der Waals surface area contributed by atoms with Gasteiger partial charge in [-0.25, -0.2) is 9.97 Å². The first-order chi connectivity index (χ1) is 7.13. The smallest absolute Gasteiger partial charge is 0.251 e. The summed E-state index contributed by atoms with van der Waals surface area (Å²) in [4.78, 5) is 22.1. The quantitative estimate of drug-likeness (QED) is 0.474. The van der Waals surface area contributed by atoms with Crippen LogP contribution in [0.2, 0.25) is 5.15 Å². The van der Waals surface area contributed by atoms with E-state index in [1.807, 2.05) is 6.26 Å². The van der Waals surface area contributed by atoms with Gasteiger partial charge in [-0.3, -0.25) is 4.79 Å². The summed E-state index contributed by atoms with van der Waals surface area (Å²) in [5.74, 6) is -0.552. The Morgan fingerprint density at radius 3 is 2.93 bits per heavy atom. The zero-order valence-corrected chi connectivity index (χ0v) is 9.32. The third-order valence-corrected chi connectivity index (χ3v) is 2.74. The molecule has 0 aliphatic carbocycles. The van der Waals surface area contributed by atoms with Crippen LogP contribution in [0.1, 0.15) is 10.4 Å². The lowest BCUT2D eigenvalue weighted by molar-refractivity contribution is 0.100. The Labute approximate surface area is 94.4 Å². The highest BCUT2D eigenvalue weighted by Crippen LogP contribution is 2.25. The zero-order valence-electron chi connectivity index (χ0n) is 7.74. The molecule has 3 N–H and O–H groups in total. The molecule has 0 saturated heterocycles. The van der Waals surface area contributed by atoms with Crippen LogP contribution >= 0.6 is 23.4 Å². The maximum atomic E-state index is 11.1. The first kappa shape index (κ1) is 10.3. The van der Waals surface area contributed by atoms with E-state index in [0.717, 1.165) is 0 Å². The van der Waals surface area contributed by atoms with E-state index in [9.17, 15) is 4.79 Å². The number of nitrogens with zero attached hydrogens (tertiary/aromatic N) is 2. The normalized spacial score (nSPS) is 10.8. The number of H-pyrrole nitrogens is 1. The average Bonchev–Trinajstić information content (AvgIpc) is 2.61. The van der Waals surface area contributed by atoms with E-state index in [0.29, 0.717) is 21.8 Å². The molecule has 0 aliphatic rings. The molecular weight excluding hydrogens is 236 g/mol. The number of nitrogens with two attached hydrogens (primary N) is 1. The highest BCUT2D eigenvalue weighted by Gasteiger charge is 2.15. The molecule has 0 aliphatic heterocycles. The molecule has 0 unspecified atom stereocenters. The van der Waals surface area contributed by atoms with Crippen LogP contribution in [-0.2, 0) is 0 Å². The number of primary amides is 1. The third-order valence-electron chi connectivity index (χ3n) is 1.91. The number of aromatic amines is 1. The topological polar surface area (TPSA) is 84.7 Å². The lowest BCUT2D eigenvalue weighted by atomic mass is 10.2. The molecule has 2 heterocycles. The van der Waals surface area contributed by atoms with Crippen LogP contribution in [0, 0.1) is 0 Å². The predicted molar refractivity (Wildman–Crippen MR) is 59.2 cm³/mol. The summed E-state index contributed by atoms with van der Waals surface area (Å²) in [5.41, 5.74) is 6.01. The van der Waals surface area contributed by atoms with Crippen LogP contribution in [0.4, 0.5) is 0 Å². The maximum absolute atomic E-state index is 11.1. The molecule has 0 aromatic carbocycles. The number of carbonyl (C=O) groups is 1. The van der Waals surface area contributed by atoms with E-state index in [-0.39, 0.29) is 5.15 Å². The molecule has 7 heteroatoms. The largest absolute Gasteiger partial charge is 0.366 e. The van der Waals surface area contributed by atoms with E-state index in [2.05, 4.69) is 15.0 Å². The molecule has 2 aromatic heterocycles. The Balaban J connectivity index is 2.77. The standard InChI is InChI=1S/C8H7ClN4OS/c1-15-8-12-5(9)4-3(6(10)14)2-11-7(4)13-8/h2H,1H3,(H2,10,14)(H,11,12,13). The van der Waals surface area contributed by atoms with Gasteiger partial charge in [-0.05, 0) is 6.26 Å². The molecule has 0 spiro atoms. The molecule has 0 atom stereocenters. The van der Waals surface area contributed by atoms with Crippen molar-refractivity contribution in [3.05, 3.63) is 16.9 Å². The van der Waals surface area contributed by atoms with Gasteiger partial charge in [0.2, 0.25) is 0 Å². The molecule has 0 saturated carbocycles. The minimum atomic E-state index is -0.552. The minimum absolute atomic E-state index is 0.236. The van der Waals surface area contributed by atoms with E-state index >= 15 is 0 Å². The number of thioether (sulfide) groups is 1. The van der Waals surface area contributed by atoms with Gasteiger partial charge in [-0.15, -0.1) is 0 Å². The number of nitrogens with one attached hydrogen (secondary N) is 1. The fourth-order valence-corrected chi connectivity index (χ4v) is 1.94. The highest BCUT2D eigenvalue weighted by molar-refractivity contribution is 7.98. The second-order valence-electron chi connectivity index (χ2n) is 2.79. The fraction of sp³-hybridized carbons (Fsp3) is 0.125. The summed E-state index contributed by atoms with van der Waals surface area (Å²) in [6, 6.07) is 0. The molecule has 1 amide bonds. The van der Waals surface area contributed by atoms with Crippen LogP contribution < -0.4 is 5.73 Å². The summed E-state index contributed by atoms with van der Waals surface area (Å²) in [7, 11) is 0. The summed E-state index contributed by atoms with van der Waals surface area (Å²) in [5, 5.41) is 1.26. The van der Waals surface area contributed by atoms with Crippen LogP contribution in [-0.4, -0.2) is 27.1 Å². The van der Waals surface area contributed by atoms with Gasteiger partial charge in [0.05, 0.1) is 10.9 Å². The molecule has 5 nitrogen and oxygen atoms in total. The zero-order chi connectivity index (χ0) is 11.0. The van der Waals surface area contributed by atoms with E-state index < -0.39 is 5.91 Å². The molecule has 2 rings (SSSR count). The van der Waals surface area contributed by atoms with Crippen molar-refractivity contribution in [2.24, 2.45) is 5.73 Å². The Morgan fingerprint density at radius 1 is 1.60 bits per heavy atom. The average molecular weight is 243 g/mol. The van der Waals surface area contributed by atoms with Crippen molar-refractivity contribution in [3.63, 3.8) is 0 Å². The third kappa shape index (κ3) is 1.66. The van der Waals surface area contributed by atoms with Crippen LogP contribution in [0.25, 0.3) is 11.0 Å². The number of rotatable bonds is 2. The SMILES string of the molecule is CSc1nc(Cl)c2c(C(N)=O)c[nH]c2n1. The summed E-state index contributed by atoms with van der Waals surface area (Å²) in [6.07, 6.45) is 3.33. The minimum Gasteiger partial charge on any atom is -0.366 e. The second-order valence-corrected chi connectivity index (χ2v) is 3.92. The molecular formula is C8H7ClN4OS. The Kier molecular flexibility index (Phi) is 2.54. The summed E-state index contributed by atoms with van der Waals surface area (Å²) >= 11 is 7.31. The lowest BCUT2D eigenvalue weighted by Crippen LogP contribution is -2.10. The number of halogens is 1. The van der Waals surface area contributed by atoms with Crippen molar-refractivity contribution in [2.45, 2.75) is 5.16 Å². The molecule has 0 fully saturated rings. The second kappa shape index (κ2) is 3.71. The number of aromatic nitrogens is 3. The Hall–Kier alpha value is -1.27. The number of amides is 1. The van der Waals surface area contributed by atoms with Gasteiger partial charge in [0.25, 0.3) is 5.91 Å². The van der Waals surface area contributed by atoms with E-state index in [1.54, 1.807) is 0 Å². The summed E-state index contributed by atoms with van der Waals surface area (Å²) in [6.45, 7) is 0. The Bertz CT molecular complexity index is 539. The number of hydrogen-bond donors (Lipinski definition) is 2. The van der Waals surface area contributed by atoms with E-state index in [1.165, 1.54) is 18.0 Å². The van der Waals surface area contributed by atoms with Gasteiger partial charge in [-0.2, -0.15) is 0 Å². The number of carbonyl (C=O) groups excluding carboxylic acids is 1. The van der Waals surface area contributed by atoms with Crippen molar-refractivity contribution in [1.82, 2.24) is 15.0 Å². The predicted octanol–water partition coefficient (Wildman–Crippen LogP) is 1.43. The summed E-state index contributed by atoms with van der Waals surface area (Å²) < 4.78 is 0. The maximum Gasteiger partial charge on any atom is 0.251 e. The lowest BCUT2D eigenvalue weighted by Gasteiger charge is -1.98. The van der Waals surface area contributed by atoms with Gasteiger partial charge in [-0.1, -0.05) is 23.4 Å². The number of fused-ring (bicyclic) bond motifs is 1. The fourth-order valence-electron chi connectivity index (χ4n) is 1.26. The van der Waals surface area contributed by atoms with Crippen LogP contribution in [0.5, 0.6) is 0 Å². The molecule has 15 heavy (non-hydrogen) atoms. The molecule has 78 valence electrons.